The van der Waals surface area contributed by atoms with Crippen LogP contribution >= 0.6 is 0 Å². The van der Waals surface area contributed by atoms with Crippen LogP contribution in [0, 0.1) is 17.2 Å². The molecule has 0 aliphatic carbocycles. The molecule has 2 fully saturated rings. The molecule has 4 rings (SSSR count). The second kappa shape index (κ2) is 17.7. The number of carbonyl (C=O) groups excluding carboxylic acids is 3. The average molecular weight is 601 g/mol. The number of aliphatic imine (C=N–C) groups is 1. The van der Waals surface area contributed by atoms with Crippen LogP contribution in [0.3, 0.4) is 0 Å². The Kier molecular flexibility index (Phi) is 14.0. The normalized spacial score (nSPS) is 15.9. The van der Waals surface area contributed by atoms with E-state index in [1.54, 1.807) is 47.7 Å². The number of carbonyl (C=O) groups is 3. The zero-order valence-corrected chi connectivity index (χ0v) is 25.7. The number of nitriles is 1. The first-order valence-electron chi connectivity index (χ1n) is 14.4. The molecule has 2 saturated heterocycles. The van der Waals surface area contributed by atoms with E-state index in [4.69, 9.17) is 14.7 Å². The van der Waals surface area contributed by atoms with E-state index >= 15 is 0 Å². The fourth-order valence-electron chi connectivity index (χ4n) is 4.44. The van der Waals surface area contributed by atoms with Crippen molar-refractivity contribution in [1.82, 2.24) is 15.6 Å². The van der Waals surface area contributed by atoms with Gasteiger partial charge in [-0.25, -0.2) is 9.78 Å². The molecule has 1 aromatic heterocycles. The zero-order chi connectivity index (χ0) is 32.5. The molecular weight excluding hydrogens is 560 g/mol. The van der Waals surface area contributed by atoms with Gasteiger partial charge < -0.3 is 14.4 Å². The molecule has 1 atom stereocenters. The first-order chi connectivity index (χ1) is 21.3. The van der Waals surface area contributed by atoms with Gasteiger partial charge in [-0.2, -0.15) is 5.26 Å². The molecule has 2 aliphatic heterocycles. The fourth-order valence-corrected chi connectivity index (χ4v) is 4.44. The number of imide groups is 2. The van der Waals surface area contributed by atoms with E-state index in [1.807, 2.05) is 39.0 Å². The Morgan fingerprint density at radius 3 is 2.39 bits per heavy atom. The van der Waals surface area contributed by atoms with Crippen LogP contribution < -0.4 is 20.3 Å². The van der Waals surface area contributed by atoms with Crippen molar-refractivity contribution in [3.63, 3.8) is 0 Å². The van der Waals surface area contributed by atoms with Crippen LogP contribution in [0.1, 0.15) is 58.1 Å². The standard InChI is InChI=1S/C16H18N2O.C15H16N4O4.C2H6/c1-4-13(5-2)11-19-12-16(18-3)15-8-6-14(10-17)7-9-15;1-2-8-23-11-5-4-10(9-16-11)19-7-3-6-15(19)12(20)17-14(22)18-13(15)21;1-2/h4,6-9,12-13H,1,3,5,11H2,2H3;2,4-5,8-9H,3,6-7H2,1H3,(H2,17,18,20,21,22);1-2H3/b16-12-;8-2+;. The third-order valence-corrected chi connectivity index (χ3v) is 6.79. The summed E-state index contributed by atoms with van der Waals surface area (Å²) in [6.07, 6.45) is 10.3. The van der Waals surface area contributed by atoms with E-state index in [0.717, 1.165) is 12.0 Å². The first kappa shape index (κ1) is 35.0. The highest BCUT2D eigenvalue weighted by Gasteiger charge is 2.57. The van der Waals surface area contributed by atoms with Gasteiger partial charge in [0.15, 0.2) is 5.54 Å². The van der Waals surface area contributed by atoms with Crippen molar-refractivity contribution in [3.8, 4) is 11.9 Å². The van der Waals surface area contributed by atoms with Crippen molar-refractivity contribution in [3.05, 3.63) is 85.0 Å². The Bertz CT molecular complexity index is 1370. The average Bonchev–Trinajstić information content (AvgIpc) is 3.51. The molecule has 11 nitrogen and oxygen atoms in total. The zero-order valence-electron chi connectivity index (χ0n) is 25.7. The minimum atomic E-state index is -1.40. The summed E-state index contributed by atoms with van der Waals surface area (Å²) in [5.41, 5.74) is 1.37. The second-order valence-electron chi connectivity index (χ2n) is 9.38. The summed E-state index contributed by atoms with van der Waals surface area (Å²) in [6, 6.07) is 11.8. The molecule has 0 bridgehead atoms. The number of benzene rings is 1. The Morgan fingerprint density at radius 2 is 1.86 bits per heavy atom. The summed E-state index contributed by atoms with van der Waals surface area (Å²) in [5, 5.41) is 13.1. The van der Waals surface area contributed by atoms with Crippen molar-refractivity contribution in [2.45, 2.75) is 52.5 Å². The summed E-state index contributed by atoms with van der Waals surface area (Å²) in [7, 11) is 0. The van der Waals surface area contributed by atoms with Crippen LogP contribution in [-0.4, -0.2) is 48.2 Å². The van der Waals surface area contributed by atoms with Gasteiger partial charge in [0.2, 0.25) is 5.88 Å². The van der Waals surface area contributed by atoms with Crippen molar-refractivity contribution >= 4 is 35.9 Å². The number of hydrogen-bond acceptors (Lipinski definition) is 9. The van der Waals surface area contributed by atoms with E-state index in [1.165, 1.54) is 6.26 Å². The highest BCUT2D eigenvalue weighted by atomic mass is 16.5. The molecule has 2 aromatic rings. The van der Waals surface area contributed by atoms with Crippen LogP contribution in [0.5, 0.6) is 5.88 Å². The summed E-state index contributed by atoms with van der Waals surface area (Å²) >= 11 is 0. The lowest BCUT2D eigenvalue weighted by Crippen LogP contribution is -2.71. The Hall–Kier alpha value is -5.24. The molecule has 3 heterocycles. The van der Waals surface area contributed by atoms with Crippen LogP contribution in [0.25, 0.3) is 5.70 Å². The Labute approximate surface area is 259 Å². The van der Waals surface area contributed by atoms with E-state index in [0.29, 0.717) is 54.7 Å². The van der Waals surface area contributed by atoms with Crippen LogP contribution in [0.15, 0.2) is 78.8 Å². The minimum absolute atomic E-state index is 0.336. The predicted molar refractivity (Wildman–Crippen MR) is 171 cm³/mol. The predicted octanol–water partition coefficient (Wildman–Crippen LogP) is 5.51. The van der Waals surface area contributed by atoms with Gasteiger partial charge in [0, 0.05) is 24.1 Å². The molecule has 1 aromatic carbocycles. The monoisotopic (exact) mass is 600 g/mol. The molecule has 2 aliphatic rings. The first-order valence-corrected chi connectivity index (χ1v) is 14.4. The number of nitrogens with one attached hydrogen (secondary N) is 2. The lowest BCUT2D eigenvalue weighted by molar-refractivity contribution is -0.137. The SMILES string of the molecule is C/C=C/Oc1ccc(N2CCCC23C(=O)NC(=O)NC3=O)cn1.C=CC(CC)CO/C=C(\N=C)c1ccc(C#N)cc1.CC. The largest absolute Gasteiger partial charge is 0.498 e. The number of pyridine rings is 1. The summed E-state index contributed by atoms with van der Waals surface area (Å²) in [4.78, 5) is 45.8. The highest BCUT2D eigenvalue weighted by molar-refractivity contribution is 6.24. The van der Waals surface area contributed by atoms with Gasteiger partial charge in [0.25, 0.3) is 11.8 Å². The molecule has 0 saturated carbocycles. The Balaban J connectivity index is 0.000000296. The number of urea groups is 1. The van der Waals surface area contributed by atoms with E-state index in [9.17, 15) is 14.4 Å². The number of nitrogens with zero attached hydrogens (tertiary/aromatic N) is 4. The summed E-state index contributed by atoms with van der Waals surface area (Å²) in [5.74, 6) is -0.452. The number of ether oxygens (including phenoxy) is 2. The van der Waals surface area contributed by atoms with Gasteiger partial charge in [-0.3, -0.25) is 25.2 Å². The van der Waals surface area contributed by atoms with Gasteiger partial charge in [0.05, 0.1) is 36.4 Å². The molecular formula is C33H40N6O5. The maximum Gasteiger partial charge on any atom is 0.328 e. The summed E-state index contributed by atoms with van der Waals surface area (Å²) < 4.78 is 10.8. The molecule has 232 valence electrons. The highest BCUT2D eigenvalue weighted by Crippen LogP contribution is 2.36. The third kappa shape index (κ3) is 8.64. The molecule has 2 N–H and O–H groups in total. The van der Waals surface area contributed by atoms with Crippen LogP contribution in [0.4, 0.5) is 10.5 Å². The number of hydrogen-bond donors (Lipinski definition) is 2. The summed E-state index contributed by atoms with van der Waals surface area (Å²) in [6.45, 7) is 16.3. The van der Waals surface area contributed by atoms with Gasteiger partial charge >= 0.3 is 6.03 Å². The fraction of sp³-hybridized carbons (Fsp3) is 0.333. The third-order valence-electron chi connectivity index (χ3n) is 6.79. The van der Waals surface area contributed by atoms with Crippen LogP contribution in [-0.2, 0) is 14.3 Å². The van der Waals surface area contributed by atoms with Gasteiger partial charge in [0.1, 0.15) is 12.0 Å². The van der Waals surface area contributed by atoms with E-state index < -0.39 is 23.4 Å². The van der Waals surface area contributed by atoms with Crippen molar-refractivity contribution in [2.75, 3.05) is 18.1 Å². The van der Waals surface area contributed by atoms with Gasteiger partial charge in [-0.15, -0.1) is 6.58 Å². The second-order valence-corrected chi connectivity index (χ2v) is 9.38. The molecule has 1 unspecified atom stereocenters. The Morgan fingerprint density at radius 1 is 1.18 bits per heavy atom. The maximum absolute atomic E-state index is 12.3. The number of allylic oxidation sites excluding steroid dienone is 1. The van der Waals surface area contributed by atoms with E-state index in [2.05, 4.69) is 46.9 Å². The number of rotatable bonds is 10. The van der Waals surface area contributed by atoms with Crippen molar-refractivity contribution in [2.24, 2.45) is 10.9 Å². The quantitative estimate of drug-likeness (QED) is 0.157. The van der Waals surface area contributed by atoms with Gasteiger partial charge in [-0.1, -0.05) is 45.1 Å². The van der Waals surface area contributed by atoms with Crippen LogP contribution in [0.2, 0.25) is 0 Å². The topological polar surface area (TPSA) is 146 Å². The lowest BCUT2D eigenvalue weighted by Gasteiger charge is -2.38. The number of barbiturate groups is 1. The molecule has 11 heteroatoms. The van der Waals surface area contributed by atoms with Crippen molar-refractivity contribution < 1.29 is 23.9 Å². The molecule has 44 heavy (non-hydrogen) atoms. The number of aromatic nitrogens is 1. The van der Waals surface area contributed by atoms with E-state index in [-0.39, 0.29) is 0 Å². The molecule has 1 spiro atoms. The number of anilines is 1. The number of amides is 4. The van der Waals surface area contributed by atoms with Crippen molar-refractivity contribution in [1.29, 1.82) is 5.26 Å². The minimum Gasteiger partial charge on any atom is -0.498 e. The lowest BCUT2D eigenvalue weighted by atomic mass is 9.92. The van der Waals surface area contributed by atoms with Gasteiger partial charge in [-0.05, 0) is 51.1 Å². The smallest absolute Gasteiger partial charge is 0.328 e. The molecule has 0 radical (unpaired) electrons. The molecule has 4 amide bonds. The maximum atomic E-state index is 12.3.